The SMILES string of the molecule is C=Cc1ccc(C(C)(C)N)c(C)c1.CC(=O)O. The van der Waals surface area contributed by atoms with E-state index in [9.17, 15) is 0 Å². The molecule has 3 heteroatoms. The minimum atomic E-state index is -0.833. The third-order valence-corrected chi connectivity index (χ3v) is 2.18. The molecule has 1 aromatic rings. The summed E-state index contributed by atoms with van der Waals surface area (Å²) in [5, 5.41) is 7.42. The van der Waals surface area contributed by atoms with Crippen molar-refractivity contribution < 1.29 is 9.90 Å². The highest BCUT2D eigenvalue weighted by Crippen LogP contribution is 2.22. The molecular formula is C14H21NO2. The van der Waals surface area contributed by atoms with Crippen LogP contribution in [0.15, 0.2) is 24.8 Å². The van der Waals surface area contributed by atoms with E-state index in [1.807, 2.05) is 26.0 Å². The van der Waals surface area contributed by atoms with Crippen molar-refractivity contribution in [1.82, 2.24) is 0 Å². The molecule has 0 atom stereocenters. The topological polar surface area (TPSA) is 63.3 Å². The van der Waals surface area contributed by atoms with Crippen LogP contribution >= 0.6 is 0 Å². The van der Waals surface area contributed by atoms with Crippen molar-refractivity contribution in [1.29, 1.82) is 0 Å². The Morgan fingerprint density at radius 2 is 1.94 bits per heavy atom. The normalized spacial score (nSPS) is 10.2. The highest BCUT2D eigenvalue weighted by molar-refractivity contribution is 5.62. The van der Waals surface area contributed by atoms with Gasteiger partial charge in [-0.25, -0.2) is 0 Å². The molecule has 0 unspecified atom stereocenters. The highest BCUT2D eigenvalue weighted by atomic mass is 16.4. The second kappa shape index (κ2) is 6.21. The van der Waals surface area contributed by atoms with Crippen LogP contribution < -0.4 is 5.73 Å². The molecule has 0 aliphatic rings. The number of aliphatic carboxylic acids is 1. The first-order chi connectivity index (χ1) is 7.68. The zero-order chi connectivity index (χ0) is 13.6. The number of hydrogen-bond donors (Lipinski definition) is 2. The Kier molecular flexibility index (Phi) is 5.62. The summed E-state index contributed by atoms with van der Waals surface area (Å²) in [5.41, 5.74) is 9.33. The van der Waals surface area contributed by atoms with E-state index in [2.05, 4.69) is 25.6 Å². The summed E-state index contributed by atoms with van der Waals surface area (Å²) in [6.07, 6.45) is 1.85. The van der Waals surface area contributed by atoms with Crippen LogP contribution in [0.4, 0.5) is 0 Å². The molecule has 0 aliphatic carbocycles. The molecule has 0 heterocycles. The molecule has 3 N–H and O–H groups in total. The van der Waals surface area contributed by atoms with E-state index in [-0.39, 0.29) is 5.54 Å². The van der Waals surface area contributed by atoms with Crippen LogP contribution in [0.2, 0.25) is 0 Å². The average Bonchev–Trinajstić information content (AvgIpc) is 2.14. The van der Waals surface area contributed by atoms with Gasteiger partial charge in [0, 0.05) is 12.5 Å². The standard InChI is InChI=1S/C12H17N.C2H4O2/c1-5-10-6-7-11(9(2)8-10)12(3,4)13;1-2(3)4/h5-8H,1,13H2,2-4H3;1H3,(H,3,4). The van der Waals surface area contributed by atoms with E-state index in [4.69, 9.17) is 15.6 Å². The predicted molar refractivity (Wildman–Crippen MR) is 71.8 cm³/mol. The summed E-state index contributed by atoms with van der Waals surface area (Å²) in [4.78, 5) is 9.00. The van der Waals surface area contributed by atoms with Gasteiger partial charge in [0.15, 0.2) is 0 Å². The van der Waals surface area contributed by atoms with Crippen molar-refractivity contribution in [2.75, 3.05) is 0 Å². The molecule has 0 aliphatic heterocycles. The Bertz CT molecular complexity index is 399. The van der Waals surface area contributed by atoms with Gasteiger partial charge in [0.2, 0.25) is 0 Å². The van der Waals surface area contributed by atoms with Crippen molar-refractivity contribution in [3.05, 3.63) is 41.5 Å². The predicted octanol–water partition coefficient (Wildman–Crippen LogP) is 2.92. The van der Waals surface area contributed by atoms with Crippen LogP contribution in [0.1, 0.15) is 37.5 Å². The Morgan fingerprint density at radius 3 is 2.24 bits per heavy atom. The quantitative estimate of drug-likeness (QED) is 0.828. The van der Waals surface area contributed by atoms with Gasteiger partial charge in [0.1, 0.15) is 0 Å². The molecular weight excluding hydrogens is 214 g/mol. The van der Waals surface area contributed by atoms with Crippen molar-refractivity contribution in [2.24, 2.45) is 5.73 Å². The lowest BCUT2D eigenvalue weighted by Gasteiger charge is -2.21. The zero-order valence-electron chi connectivity index (χ0n) is 10.9. The Labute approximate surface area is 103 Å². The average molecular weight is 235 g/mol. The molecule has 0 aromatic heterocycles. The van der Waals surface area contributed by atoms with Gasteiger partial charge in [0.05, 0.1) is 0 Å². The largest absolute Gasteiger partial charge is 0.481 e. The number of nitrogens with two attached hydrogens (primary N) is 1. The Hall–Kier alpha value is -1.61. The number of carboxylic acid groups (broad SMARTS) is 1. The van der Waals surface area contributed by atoms with Gasteiger partial charge in [-0.05, 0) is 37.5 Å². The van der Waals surface area contributed by atoms with Gasteiger partial charge in [-0.15, -0.1) is 0 Å². The minimum absolute atomic E-state index is 0.260. The summed E-state index contributed by atoms with van der Waals surface area (Å²) < 4.78 is 0. The molecule has 0 spiro atoms. The van der Waals surface area contributed by atoms with E-state index in [1.165, 1.54) is 11.1 Å². The fraction of sp³-hybridized carbons (Fsp3) is 0.357. The third-order valence-electron chi connectivity index (χ3n) is 2.18. The molecule has 0 bridgehead atoms. The molecule has 0 fully saturated rings. The number of benzene rings is 1. The van der Waals surface area contributed by atoms with E-state index >= 15 is 0 Å². The lowest BCUT2D eigenvalue weighted by atomic mass is 9.90. The zero-order valence-corrected chi connectivity index (χ0v) is 10.9. The number of carboxylic acids is 1. The smallest absolute Gasteiger partial charge is 0.300 e. The van der Waals surface area contributed by atoms with Crippen LogP contribution in [-0.4, -0.2) is 11.1 Å². The van der Waals surface area contributed by atoms with Crippen molar-refractivity contribution in [2.45, 2.75) is 33.2 Å². The second-order valence-corrected chi connectivity index (χ2v) is 4.52. The minimum Gasteiger partial charge on any atom is -0.481 e. The van der Waals surface area contributed by atoms with Crippen molar-refractivity contribution in [3.8, 4) is 0 Å². The summed E-state index contributed by atoms with van der Waals surface area (Å²) in [7, 11) is 0. The van der Waals surface area contributed by atoms with Crippen LogP contribution in [-0.2, 0) is 10.3 Å². The lowest BCUT2D eigenvalue weighted by molar-refractivity contribution is -0.134. The Morgan fingerprint density at radius 1 is 1.47 bits per heavy atom. The molecule has 0 saturated heterocycles. The first-order valence-electron chi connectivity index (χ1n) is 5.40. The first kappa shape index (κ1) is 15.4. The van der Waals surface area contributed by atoms with Gasteiger partial charge in [-0.3, -0.25) is 4.79 Å². The second-order valence-electron chi connectivity index (χ2n) is 4.52. The van der Waals surface area contributed by atoms with Crippen LogP contribution in [0, 0.1) is 6.92 Å². The molecule has 1 aromatic carbocycles. The molecule has 0 amide bonds. The van der Waals surface area contributed by atoms with Gasteiger partial charge in [-0.2, -0.15) is 0 Å². The van der Waals surface area contributed by atoms with Crippen LogP contribution in [0.5, 0.6) is 0 Å². The number of hydrogen-bond acceptors (Lipinski definition) is 2. The van der Waals surface area contributed by atoms with Gasteiger partial charge < -0.3 is 10.8 Å². The monoisotopic (exact) mass is 235 g/mol. The van der Waals surface area contributed by atoms with Crippen LogP contribution in [0.3, 0.4) is 0 Å². The van der Waals surface area contributed by atoms with E-state index < -0.39 is 5.97 Å². The fourth-order valence-electron chi connectivity index (χ4n) is 1.54. The maximum absolute atomic E-state index is 9.00. The van der Waals surface area contributed by atoms with E-state index in [0.29, 0.717) is 0 Å². The van der Waals surface area contributed by atoms with E-state index in [0.717, 1.165) is 12.5 Å². The first-order valence-corrected chi connectivity index (χ1v) is 5.40. The highest BCUT2D eigenvalue weighted by Gasteiger charge is 2.15. The van der Waals surface area contributed by atoms with Crippen molar-refractivity contribution in [3.63, 3.8) is 0 Å². The van der Waals surface area contributed by atoms with Crippen molar-refractivity contribution >= 4 is 12.0 Å². The number of aryl methyl sites for hydroxylation is 1. The maximum Gasteiger partial charge on any atom is 0.300 e. The molecule has 17 heavy (non-hydrogen) atoms. The summed E-state index contributed by atoms with van der Waals surface area (Å²) in [5.74, 6) is -0.833. The fourth-order valence-corrected chi connectivity index (χ4v) is 1.54. The molecule has 0 saturated carbocycles. The number of rotatable bonds is 2. The maximum atomic E-state index is 9.00. The summed E-state index contributed by atoms with van der Waals surface area (Å²) in [6.45, 7) is 10.9. The van der Waals surface area contributed by atoms with Gasteiger partial charge >= 0.3 is 0 Å². The lowest BCUT2D eigenvalue weighted by Crippen LogP contribution is -2.29. The Balaban J connectivity index is 0.000000557. The van der Waals surface area contributed by atoms with E-state index in [1.54, 1.807) is 0 Å². The summed E-state index contributed by atoms with van der Waals surface area (Å²) >= 11 is 0. The molecule has 3 nitrogen and oxygen atoms in total. The molecule has 94 valence electrons. The van der Waals surface area contributed by atoms with Gasteiger partial charge in [0.25, 0.3) is 5.97 Å². The molecule has 1 rings (SSSR count). The van der Waals surface area contributed by atoms with Crippen LogP contribution in [0.25, 0.3) is 6.08 Å². The number of carbonyl (C=O) groups is 1. The summed E-state index contributed by atoms with van der Waals surface area (Å²) in [6, 6.07) is 6.23. The van der Waals surface area contributed by atoms with Gasteiger partial charge in [-0.1, -0.05) is 30.9 Å². The molecule has 0 radical (unpaired) electrons. The third kappa shape index (κ3) is 5.88.